The number of hydrogen-bond donors (Lipinski definition) is 0. The Morgan fingerprint density at radius 2 is 1.79 bits per heavy atom. The number of carbonyl (C=O) groups is 1. The molecular weight excluding hydrogens is 305 g/mol. The van der Waals surface area contributed by atoms with Gasteiger partial charge in [-0.3, -0.25) is 9.69 Å². The van der Waals surface area contributed by atoms with Gasteiger partial charge in [0, 0.05) is 5.56 Å². The number of piperidine rings is 1. The summed E-state index contributed by atoms with van der Waals surface area (Å²) in [6.45, 7) is 1.79. The van der Waals surface area contributed by atoms with E-state index >= 15 is 0 Å². The molecule has 1 unspecified atom stereocenters. The quantitative estimate of drug-likeness (QED) is 0.769. The van der Waals surface area contributed by atoms with Crippen molar-refractivity contribution in [3.05, 3.63) is 65.5 Å². The highest BCUT2D eigenvalue weighted by atomic mass is 19.1. The molecule has 0 N–H and O–H groups in total. The van der Waals surface area contributed by atoms with Crippen LogP contribution in [0.15, 0.2) is 48.5 Å². The normalized spacial score (nSPS) is 16.6. The van der Waals surface area contributed by atoms with Crippen LogP contribution in [0.4, 0.5) is 4.39 Å². The second-order valence-corrected chi connectivity index (χ2v) is 6.12. The van der Waals surface area contributed by atoms with Crippen LogP contribution < -0.4 is 4.74 Å². The van der Waals surface area contributed by atoms with E-state index in [-0.39, 0.29) is 17.6 Å². The lowest BCUT2D eigenvalue weighted by molar-refractivity contribution is 0.0782. The largest absolute Gasteiger partial charge is 0.494 e. The smallest absolute Gasteiger partial charge is 0.184 e. The summed E-state index contributed by atoms with van der Waals surface area (Å²) in [5.74, 6) is -0.417. The van der Waals surface area contributed by atoms with Crippen LogP contribution in [0.25, 0.3) is 0 Å². The third-order valence-corrected chi connectivity index (χ3v) is 4.56. The van der Waals surface area contributed by atoms with E-state index in [1.54, 1.807) is 6.07 Å². The fourth-order valence-corrected chi connectivity index (χ4v) is 3.32. The maximum absolute atomic E-state index is 14.0. The van der Waals surface area contributed by atoms with Crippen LogP contribution in [0.5, 0.6) is 5.75 Å². The Labute approximate surface area is 142 Å². The summed E-state index contributed by atoms with van der Waals surface area (Å²) in [4.78, 5) is 15.4. The van der Waals surface area contributed by atoms with Crippen LogP contribution in [0, 0.1) is 5.82 Å². The highest BCUT2D eigenvalue weighted by molar-refractivity contribution is 6.00. The van der Waals surface area contributed by atoms with Gasteiger partial charge in [-0.1, -0.05) is 36.8 Å². The number of rotatable bonds is 5. The van der Waals surface area contributed by atoms with Gasteiger partial charge < -0.3 is 4.74 Å². The standard InChI is InChI=1S/C20H22FNO2/c1-24-18-11-10-16(14-17(18)21)20(23)19(15-8-4-2-5-9-15)22-12-6-3-7-13-22/h2,4-5,8-11,14,19H,3,6-7,12-13H2,1H3. The summed E-state index contributed by atoms with van der Waals surface area (Å²) in [6, 6.07) is 13.8. The van der Waals surface area contributed by atoms with E-state index in [9.17, 15) is 9.18 Å². The van der Waals surface area contributed by atoms with Gasteiger partial charge in [0.1, 0.15) is 0 Å². The van der Waals surface area contributed by atoms with Crippen molar-refractivity contribution in [2.75, 3.05) is 20.2 Å². The number of benzene rings is 2. The first-order valence-corrected chi connectivity index (χ1v) is 8.37. The molecule has 1 atom stereocenters. The molecule has 0 aliphatic carbocycles. The molecular formula is C20H22FNO2. The average molecular weight is 327 g/mol. The van der Waals surface area contributed by atoms with Crippen molar-refractivity contribution >= 4 is 5.78 Å². The zero-order valence-corrected chi connectivity index (χ0v) is 13.9. The summed E-state index contributed by atoms with van der Waals surface area (Å²) in [5, 5.41) is 0. The molecule has 1 saturated heterocycles. The van der Waals surface area contributed by atoms with Gasteiger partial charge >= 0.3 is 0 Å². The Balaban J connectivity index is 1.95. The third kappa shape index (κ3) is 3.49. The van der Waals surface area contributed by atoms with Gasteiger partial charge in [-0.05, 0) is 49.7 Å². The van der Waals surface area contributed by atoms with Crippen molar-refractivity contribution in [1.82, 2.24) is 4.90 Å². The summed E-state index contributed by atoms with van der Waals surface area (Å²) in [7, 11) is 1.42. The van der Waals surface area contributed by atoms with Gasteiger partial charge in [0.05, 0.1) is 13.2 Å². The summed E-state index contributed by atoms with van der Waals surface area (Å²) in [6.07, 6.45) is 3.38. The van der Waals surface area contributed by atoms with Crippen LogP contribution in [0.1, 0.15) is 41.2 Å². The zero-order valence-electron chi connectivity index (χ0n) is 13.9. The predicted octanol–water partition coefficient (Wildman–Crippen LogP) is 4.24. The van der Waals surface area contributed by atoms with Gasteiger partial charge in [-0.25, -0.2) is 4.39 Å². The molecule has 2 aromatic rings. The lowest BCUT2D eigenvalue weighted by Gasteiger charge is -2.34. The van der Waals surface area contributed by atoms with E-state index in [0.717, 1.165) is 31.5 Å². The van der Waals surface area contributed by atoms with Crippen molar-refractivity contribution < 1.29 is 13.9 Å². The van der Waals surface area contributed by atoms with Crippen LogP contribution in [0.3, 0.4) is 0 Å². The molecule has 1 aliphatic rings. The van der Waals surface area contributed by atoms with Crippen molar-refractivity contribution in [2.24, 2.45) is 0 Å². The van der Waals surface area contributed by atoms with Gasteiger partial charge in [0.15, 0.2) is 17.3 Å². The van der Waals surface area contributed by atoms with Crippen molar-refractivity contribution in [3.63, 3.8) is 0 Å². The first-order valence-electron chi connectivity index (χ1n) is 8.37. The fourth-order valence-electron chi connectivity index (χ4n) is 3.32. The van der Waals surface area contributed by atoms with Crippen LogP contribution >= 0.6 is 0 Å². The minimum atomic E-state index is -0.506. The number of Topliss-reactive ketones (excluding diaryl/α,β-unsaturated/α-hetero) is 1. The molecule has 0 spiro atoms. The minimum absolute atomic E-state index is 0.0651. The fraction of sp³-hybridized carbons (Fsp3) is 0.350. The van der Waals surface area contributed by atoms with Crippen molar-refractivity contribution in [3.8, 4) is 5.75 Å². The highest BCUT2D eigenvalue weighted by Crippen LogP contribution is 2.29. The van der Waals surface area contributed by atoms with E-state index in [1.165, 1.54) is 25.7 Å². The van der Waals surface area contributed by atoms with E-state index in [2.05, 4.69) is 4.90 Å². The number of ketones is 1. The Bertz CT molecular complexity index is 696. The maximum Gasteiger partial charge on any atom is 0.184 e. The molecule has 0 aromatic heterocycles. The van der Waals surface area contributed by atoms with E-state index < -0.39 is 5.82 Å². The molecule has 126 valence electrons. The maximum atomic E-state index is 14.0. The molecule has 3 nitrogen and oxygen atoms in total. The van der Waals surface area contributed by atoms with E-state index in [0.29, 0.717) is 5.56 Å². The third-order valence-electron chi connectivity index (χ3n) is 4.56. The monoisotopic (exact) mass is 327 g/mol. The van der Waals surface area contributed by atoms with Crippen molar-refractivity contribution in [1.29, 1.82) is 0 Å². The number of hydrogen-bond acceptors (Lipinski definition) is 3. The lowest BCUT2D eigenvalue weighted by atomic mass is 9.94. The van der Waals surface area contributed by atoms with Gasteiger partial charge in [-0.15, -0.1) is 0 Å². The number of likely N-dealkylation sites (tertiary alicyclic amines) is 1. The number of carbonyl (C=O) groups excluding carboxylic acids is 1. The minimum Gasteiger partial charge on any atom is -0.494 e. The molecule has 4 heteroatoms. The number of halogens is 1. The first kappa shape index (κ1) is 16.7. The van der Waals surface area contributed by atoms with Crippen LogP contribution in [-0.2, 0) is 0 Å². The second kappa shape index (κ2) is 7.58. The summed E-state index contributed by atoms with van der Waals surface area (Å²) < 4.78 is 19.0. The highest BCUT2D eigenvalue weighted by Gasteiger charge is 2.29. The average Bonchev–Trinajstić information content (AvgIpc) is 2.63. The van der Waals surface area contributed by atoms with Gasteiger partial charge in [0.25, 0.3) is 0 Å². The Hall–Kier alpha value is -2.20. The lowest BCUT2D eigenvalue weighted by Crippen LogP contribution is -2.38. The first-order chi connectivity index (χ1) is 11.7. The Morgan fingerprint density at radius 3 is 2.42 bits per heavy atom. The SMILES string of the molecule is COc1ccc(C(=O)C(c2ccccc2)N2CCCCC2)cc1F. The zero-order chi connectivity index (χ0) is 16.9. The molecule has 2 aromatic carbocycles. The predicted molar refractivity (Wildman–Crippen MR) is 91.9 cm³/mol. The van der Waals surface area contributed by atoms with E-state index in [4.69, 9.17) is 4.74 Å². The Kier molecular flexibility index (Phi) is 5.26. The van der Waals surface area contributed by atoms with Crippen LogP contribution in [0.2, 0.25) is 0 Å². The van der Waals surface area contributed by atoms with Crippen molar-refractivity contribution in [2.45, 2.75) is 25.3 Å². The molecule has 0 radical (unpaired) electrons. The number of ether oxygens (including phenoxy) is 1. The molecule has 0 amide bonds. The van der Waals surface area contributed by atoms with E-state index in [1.807, 2.05) is 30.3 Å². The molecule has 1 heterocycles. The van der Waals surface area contributed by atoms with Gasteiger partial charge in [-0.2, -0.15) is 0 Å². The number of nitrogens with zero attached hydrogens (tertiary/aromatic N) is 1. The molecule has 0 bridgehead atoms. The van der Waals surface area contributed by atoms with Gasteiger partial charge in [0.2, 0.25) is 0 Å². The summed E-state index contributed by atoms with van der Waals surface area (Å²) in [5.41, 5.74) is 1.34. The number of methoxy groups -OCH3 is 1. The molecule has 0 saturated carbocycles. The second-order valence-electron chi connectivity index (χ2n) is 6.12. The Morgan fingerprint density at radius 1 is 1.08 bits per heavy atom. The molecule has 1 aliphatic heterocycles. The summed E-state index contributed by atoms with van der Waals surface area (Å²) >= 11 is 0. The molecule has 1 fully saturated rings. The topological polar surface area (TPSA) is 29.5 Å². The van der Waals surface area contributed by atoms with Crippen LogP contribution in [-0.4, -0.2) is 30.9 Å². The molecule has 24 heavy (non-hydrogen) atoms. The molecule has 3 rings (SSSR count).